The summed E-state index contributed by atoms with van der Waals surface area (Å²) in [6, 6.07) is 24.9. The number of methoxy groups -OCH3 is 1. The van der Waals surface area contributed by atoms with Crippen LogP contribution in [0.3, 0.4) is 0 Å². The van der Waals surface area contributed by atoms with Crippen molar-refractivity contribution in [3.8, 4) is 11.5 Å². The van der Waals surface area contributed by atoms with Crippen LogP contribution in [0.4, 0.5) is 5.69 Å². The lowest BCUT2D eigenvalue weighted by Gasteiger charge is -2.14. The number of rotatable bonds is 6. The van der Waals surface area contributed by atoms with Crippen LogP contribution in [0.1, 0.15) is 11.1 Å². The Morgan fingerprint density at radius 1 is 0.967 bits per heavy atom. The van der Waals surface area contributed by atoms with Crippen LogP contribution in [0.15, 0.2) is 83.8 Å². The maximum absolute atomic E-state index is 13.0. The van der Waals surface area contributed by atoms with Gasteiger partial charge in [0.25, 0.3) is 5.91 Å². The fourth-order valence-electron chi connectivity index (χ4n) is 3.01. The number of thiocarbonyl (C=S) groups is 1. The second-order valence-corrected chi connectivity index (χ2v) is 8.24. The van der Waals surface area contributed by atoms with E-state index in [1.54, 1.807) is 12.0 Å². The monoisotopic (exact) mass is 433 g/mol. The number of anilines is 1. The van der Waals surface area contributed by atoms with E-state index in [2.05, 4.69) is 0 Å². The quantitative estimate of drug-likeness (QED) is 0.369. The average molecular weight is 434 g/mol. The molecular weight excluding hydrogens is 414 g/mol. The summed E-state index contributed by atoms with van der Waals surface area (Å²) in [6.07, 6.45) is 1.85. The van der Waals surface area contributed by atoms with Crippen molar-refractivity contribution in [2.45, 2.75) is 6.61 Å². The lowest BCUT2D eigenvalue weighted by molar-refractivity contribution is -0.113. The number of benzene rings is 3. The van der Waals surface area contributed by atoms with E-state index >= 15 is 0 Å². The highest BCUT2D eigenvalue weighted by molar-refractivity contribution is 8.27. The minimum absolute atomic E-state index is 0.134. The number of amides is 1. The van der Waals surface area contributed by atoms with Gasteiger partial charge in [0, 0.05) is 0 Å². The van der Waals surface area contributed by atoms with Crippen LogP contribution in [0, 0.1) is 0 Å². The van der Waals surface area contributed by atoms with Gasteiger partial charge < -0.3 is 9.47 Å². The molecule has 0 atom stereocenters. The van der Waals surface area contributed by atoms with Crippen LogP contribution in [0.5, 0.6) is 11.5 Å². The molecule has 0 aliphatic carbocycles. The summed E-state index contributed by atoms with van der Waals surface area (Å²) in [5, 5.41) is 0. The van der Waals surface area contributed by atoms with Crippen molar-refractivity contribution in [1.29, 1.82) is 0 Å². The van der Waals surface area contributed by atoms with Crippen LogP contribution in [0.2, 0.25) is 0 Å². The number of nitrogens with zero attached hydrogens (tertiary/aromatic N) is 1. The van der Waals surface area contributed by atoms with Gasteiger partial charge in [0.15, 0.2) is 4.32 Å². The third kappa shape index (κ3) is 4.56. The van der Waals surface area contributed by atoms with Gasteiger partial charge in [0.1, 0.15) is 18.1 Å². The van der Waals surface area contributed by atoms with Gasteiger partial charge in [0.05, 0.1) is 17.7 Å². The van der Waals surface area contributed by atoms with Crippen LogP contribution in [-0.4, -0.2) is 17.3 Å². The Morgan fingerprint density at radius 3 is 2.47 bits per heavy atom. The second kappa shape index (κ2) is 9.15. The largest absolute Gasteiger partial charge is 0.497 e. The van der Waals surface area contributed by atoms with Crippen molar-refractivity contribution in [3.63, 3.8) is 0 Å². The van der Waals surface area contributed by atoms with Crippen molar-refractivity contribution >= 4 is 46.0 Å². The lowest BCUT2D eigenvalue weighted by Crippen LogP contribution is -2.27. The Hall–Kier alpha value is -3.09. The van der Waals surface area contributed by atoms with Gasteiger partial charge in [-0.15, -0.1) is 0 Å². The summed E-state index contributed by atoms with van der Waals surface area (Å²) in [5.41, 5.74) is 2.71. The van der Waals surface area contributed by atoms with E-state index in [1.807, 2.05) is 84.9 Å². The van der Waals surface area contributed by atoms with Crippen molar-refractivity contribution in [2.24, 2.45) is 0 Å². The molecule has 1 aliphatic heterocycles. The number of hydrogen-bond donors (Lipinski definition) is 0. The van der Waals surface area contributed by atoms with Crippen LogP contribution in [-0.2, 0) is 11.4 Å². The zero-order valence-electron chi connectivity index (χ0n) is 16.3. The molecule has 0 spiro atoms. The first-order valence-electron chi connectivity index (χ1n) is 9.33. The average Bonchev–Trinajstić information content (AvgIpc) is 3.06. The second-order valence-electron chi connectivity index (χ2n) is 6.56. The predicted octanol–water partition coefficient (Wildman–Crippen LogP) is 5.68. The summed E-state index contributed by atoms with van der Waals surface area (Å²) in [6.45, 7) is 0.490. The maximum atomic E-state index is 13.0. The molecule has 6 heteroatoms. The molecule has 0 N–H and O–H groups in total. The molecule has 0 radical (unpaired) electrons. The first-order valence-corrected chi connectivity index (χ1v) is 10.6. The molecule has 1 aliphatic rings. The third-order valence-electron chi connectivity index (χ3n) is 4.53. The Morgan fingerprint density at radius 2 is 1.73 bits per heavy atom. The van der Waals surface area contributed by atoms with E-state index in [0.29, 0.717) is 15.8 Å². The molecule has 0 unspecified atom stereocenters. The lowest BCUT2D eigenvalue weighted by atomic mass is 10.2. The van der Waals surface area contributed by atoms with E-state index in [9.17, 15) is 4.79 Å². The van der Waals surface area contributed by atoms with Crippen LogP contribution >= 0.6 is 24.0 Å². The number of hydrogen-bond acceptors (Lipinski definition) is 5. The first-order chi connectivity index (χ1) is 14.6. The molecule has 0 saturated carbocycles. The summed E-state index contributed by atoms with van der Waals surface area (Å²) < 4.78 is 11.6. The number of ether oxygens (including phenoxy) is 2. The molecule has 1 fully saturated rings. The Kier molecular flexibility index (Phi) is 6.16. The Balaban J connectivity index is 1.50. The standard InChI is InChI=1S/C24H19NO3S2/c1-27-20-12-10-19(11-13-20)25-23(26)22(30-24(25)29)15-18-8-5-9-21(14-18)28-16-17-6-3-2-4-7-17/h2-15H,16H2,1H3/b22-15-. The molecule has 3 aromatic rings. The zero-order valence-corrected chi connectivity index (χ0v) is 17.9. The van der Waals surface area contributed by atoms with Gasteiger partial charge in [-0.05, 0) is 53.6 Å². The van der Waals surface area contributed by atoms with E-state index in [1.165, 1.54) is 11.8 Å². The van der Waals surface area contributed by atoms with Gasteiger partial charge >= 0.3 is 0 Å². The number of carbonyl (C=O) groups is 1. The summed E-state index contributed by atoms with van der Waals surface area (Å²) in [4.78, 5) is 15.1. The van der Waals surface area contributed by atoms with Crippen molar-refractivity contribution < 1.29 is 14.3 Å². The van der Waals surface area contributed by atoms with Gasteiger partial charge in [0.2, 0.25) is 0 Å². The Bertz CT molecular complexity index is 1090. The van der Waals surface area contributed by atoms with Crippen LogP contribution < -0.4 is 14.4 Å². The van der Waals surface area contributed by atoms with Crippen LogP contribution in [0.25, 0.3) is 6.08 Å². The molecule has 0 bridgehead atoms. The van der Waals surface area contributed by atoms with Crippen molar-refractivity contribution in [1.82, 2.24) is 0 Å². The minimum atomic E-state index is -0.134. The van der Waals surface area contributed by atoms with Gasteiger partial charge in [-0.2, -0.15) is 0 Å². The Labute approximate surface area is 185 Å². The minimum Gasteiger partial charge on any atom is -0.497 e. The molecule has 4 rings (SSSR count). The molecule has 4 nitrogen and oxygen atoms in total. The molecule has 1 heterocycles. The van der Waals surface area contributed by atoms with Crippen molar-refractivity contribution in [3.05, 3.63) is 94.9 Å². The fourth-order valence-corrected chi connectivity index (χ4v) is 4.31. The smallest absolute Gasteiger partial charge is 0.270 e. The topological polar surface area (TPSA) is 38.8 Å². The van der Waals surface area contributed by atoms with Gasteiger partial charge in [-0.25, -0.2) is 0 Å². The van der Waals surface area contributed by atoms with E-state index in [-0.39, 0.29) is 5.91 Å². The fraction of sp³-hybridized carbons (Fsp3) is 0.0833. The van der Waals surface area contributed by atoms with Gasteiger partial charge in [-0.3, -0.25) is 9.69 Å². The third-order valence-corrected chi connectivity index (χ3v) is 5.83. The highest BCUT2D eigenvalue weighted by Gasteiger charge is 2.33. The first kappa shape index (κ1) is 20.2. The SMILES string of the molecule is COc1ccc(N2C(=O)/C(=C/c3cccc(OCc4ccccc4)c3)SC2=S)cc1. The number of carbonyl (C=O) groups excluding carboxylic acids is 1. The summed E-state index contributed by atoms with van der Waals surface area (Å²) in [7, 11) is 1.61. The van der Waals surface area contributed by atoms with E-state index in [0.717, 1.165) is 28.3 Å². The highest BCUT2D eigenvalue weighted by atomic mass is 32.2. The maximum Gasteiger partial charge on any atom is 0.270 e. The van der Waals surface area contributed by atoms with Crippen molar-refractivity contribution in [2.75, 3.05) is 12.0 Å². The summed E-state index contributed by atoms with van der Waals surface area (Å²) >= 11 is 6.74. The molecular formula is C24H19NO3S2. The van der Waals surface area contributed by atoms with Gasteiger partial charge in [-0.1, -0.05) is 66.4 Å². The zero-order chi connectivity index (χ0) is 20.9. The normalized spacial score (nSPS) is 15.0. The molecule has 0 aromatic heterocycles. The predicted molar refractivity (Wildman–Crippen MR) is 126 cm³/mol. The molecule has 3 aromatic carbocycles. The molecule has 1 saturated heterocycles. The molecule has 150 valence electrons. The highest BCUT2D eigenvalue weighted by Crippen LogP contribution is 2.36. The molecule has 30 heavy (non-hydrogen) atoms. The van der Waals surface area contributed by atoms with E-state index < -0.39 is 0 Å². The molecule has 1 amide bonds. The summed E-state index contributed by atoms with van der Waals surface area (Å²) in [5.74, 6) is 1.34. The van der Waals surface area contributed by atoms with E-state index in [4.69, 9.17) is 21.7 Å². The number of thioether (sulfide) groups is 1.